The molecule has 3 saturated carbocycles. The number of likely N-dealkylation sites (tertiary alicyclic amines) is 1. The Hall–Kier alpha value is -0.570. The number of hydrogen-bond acceptors (Lipinski definition) is 2. The minimum absolute atomic E-state index is 0.347. The summed E-state index contributed by atoms with van der Waals surface area (Å²) in [6.07, 6.45) is 13.1. The number of rotatable bonds is 5. The zero-order chi connectivity index (χ0) is 14.2. The van der Waals surface area contributed by atoms with Crippen LogP contribution in [0.25, 0.3) is 0 Å². The van der Waals surface area contributed by atoms with E-state index in [1.807, 2.05) is 0 Å². The molecule has 1 saturated heterocycles. The fourth-order valence-corrected chi connectivity index (χ4v) is 4.54. The lowest BCUT2D eigenvalue weighted by Crippen LogP contribution is -2.44. The van der Waals surface area contributed by atoms with Crippen LogP contribution in [0.15, 0.2) is 0 Å². The fourth-order valence-electron chi connectivity index (χ4n) is 4.54. The average molecular weight is 290 g/mol. The average Bonchev–Trinajstić information content (AvgIpc) is 3.45. The van der Waals surface area contributed by atoms with Gasteiger partial charge in [0.15, 0.2) is 0 Å². The molecule has 0 radical (unpaired) electrons. The SMILES string of the molecule is O=C(C1CCCCC1)N1CC[C@@H](NC(C2CC2)C2CC2)C1. The van der Waals surface area contributed by atoms with Crippen LogP contribution in [-0.2, 0) is 4.79 Å². The Morgan fingerprint density at radius 1 is 0.905 bits per heavy atom. The highest BCUT2D eigenvalue weighted by Gasteiger charge is 2.43. The van der Waals surface area contributed by atoms with Crippen LogP contribution in [0, 0.1) is 17.8 Å². The van der Waals surface area contributed by atoms with Gasteiger partial charge in [-0.25, -0.2) is 0 Å². The topological polar surface area (TPSA) is 32.3 Å². The van der Waals surface area contributed by atoms with Gasteiger partial charge in [0.1, 0.15) is 0 Å². The standard InChI is InChI=1S/C18H30N2O/c21-18(15-4-2-1-3-5-15)20-11-10-16(12-20)19-17(13-6-7-13)14-8-9-14/h13-17,19H,1-12H2/t16-/m1/s1. The lowest BCUT2D eigenvalue weighted by Gasteiger charge is -2.27. The maximum Gasteiger partial charge on any atom is 0.225 e. The van der Waals surface area contributed by atoms with Crippen LogP contribution < -0.4 is 5.32 Å². The van der Waals surface area contributed by atoms with E-state index < -0.39 is 0 Å². The van der Waals surface area contributed by atoms with E-state index in [4.69, 9.17) is 0 Å². The minimum Gasteiger partial charge on any atom is -0.341 e. The smallest absolute Gasteiger partial charge is 0.225 e. The van der Waals surface area contributed by atoms with Crippen molar-refractivity contribution in [1.82, 2.24) is 10.2 Å². The van der Waals surface area contributed by atoms with Crippen LogP contribution in [0.2, 0.25) is 0 Å². The van der Waals surface area contributed by atoms with E-state index in [1.54, 1.807) is 0 Å². The van der Waals surface area contributed by atoms with Crippen molar-refractivity contribution in [2.45, 2.75) is 76.3 Å². The van der Waals surface area contributed by atoms with E-state index in [0.29, 0.717) is 17.9 Å². The first-order valence-corrected chi connectivity index (χ1v) is 9.36. The number of hydrogen-bond donors (Lipinski definition) is 1. The van der Waals surface area contributed by atoms with Gasteiger partial charge in [-0.1, -0.05) is 19.3 Å². The van der Waals surface area contributed by atoms with Gasteiger partial charge in [0.05, 0.1) is 0 Å². The number of nitrogens with zero attached hydrogens (tertiary/aromatic N) is 1. The van der Waals surface area contributed by atoms with Gasteiger partial charge < -0.3 is 10.2 Å². The molecule has 1 amide bonds. The summed E-state index contributed by atoms with van der Waals surface area (Å²) in [5.41, 5.74) is 0. The highest BCUT2D eigenvalue weighted by atomic mass is 16.2. The second-order valence-corrected chi connectivity index (χ2v) is 7.97. The highest BCUT2D eigenvalue weighted by molar-refractivity contribution is 5.79. The van der Waals surface area contributed by atoms with Crippen molar-refractivity contribution in [3.63, 3.8) is 0 Å². The molecule has 0 spiro atoms. The Labute approximate surface area is 128 Å². The molecule has 1 aliphatic heterocycles. The van der Waals surface area contributed by atoms with Crippen molar-refractivity contribution in [3.8, 4) is 0 Å². The second kappa shape index (κ2) is 5.91. The summed E-state index contributed by atoms with van der Waals surface area (Å²) in [6, 6.07) is 1.35. The van der Waals surface area contributed by atoms with Gasteiger partial charge in [0.2, 0.25) is 5.91 Å². The first-order valence-electron chi connectivity index (χ1n) is 9.36. The largest absolute Gasteiger partial charge is 0.341 e. The normalized spacial score (nSPS) is 31.1. The molecule has 1 N–H and O–H groups in total. The molecular weight excluding hydrogens is 260 g/mol. The molecule has 1 atom stereocenters. The molecule has 3 heteroatoms. The molecule has 1 heterocycles. The number of nitrogens with one attached hydrogen (secondary N) is 1. The highest BCUT2D eigenvalue weighted by Crippen LogP contribution is 2.45. The summed E-state index contributed by atoms with van der Waals surface area (Å²) < 4.78 is 0. The lowest BCUT2D eigenvalue weighted by atomic mass is 9.88. The Balaban J connectivity index is 1.28. The second-order valence-electron chi connectivity index (χ2n) is 7.97. The van der Waals surface area contributed by atoms with Crippen LogP contribution in [0.3, 0.4) is 0 Å². The van der Waals surface area contributed by atoms with Crippen LogP contribution in [-0.4, -0.2) is 36.0 Å². The van der Waals surface area contributed by atoms with Gasteiger partial charge in [0, 0.05) is 31.1 Å². The third kappa shape index (κ3) is 3.28. The maximum absolute atomic E-state index is 12.6. The predicted octanol–water partition coefficient (Wildman–Crippen LogP) is 2.95. The summed E-state index contributed by atoms with van der Waals surface area (Å²) in [7, 11) is 0. The quantitative estimate of drug-likeness (QED) is 0.844. The summed E-state index contributed by atoms with van der Waals surface area (Å²) in [4.78, 5) is 14.8. The Morgan fingerprint density at radius 2 is 1.57 bits per heavy atom. The first kappa shape index (κ1) is 14.0. The van der Waals surface area contributed by atoms with E-state index >= 15 is 0 Å². The summed E-state index contributed by atoms with van der Waals surface area (Å²) in [6.45, 7) is 1.97. The third-order valence-electron chi connectivity index (χ3n) is 6.14. The van der Waals surface area contributed by atoms with Crippen molar-refractivity contribution in [1.29, 1.82) is 0 Å². The Morgan fingerprint density at radius 3 is 2.19 bits per heavy atom. The van der Waals surface area contributed by atoms with E-state index in [2.05, 4.69) is 10.2 Å². The lowest BCUT2D eigenvalue weighted by molar-refractivity contribution is -0.135. The molecule has 21 heavy (non-hydrogen) atoms. The van der Waals surface area contributed by atoms with Gasteiger partial charge in [-0.15, -0.1) is 0 Å². The van der Waals surface area contributed by atoms with Crippen molar-refractivity contribution in [3.05, 3.63) is 0 Å². The minimum atomic E-state index is 0.347. The Kier molecular flexibility index (Phi) is 3.95. The van der Waals surface area contributed by atoms with Gasteiger partial charge in [-0.2, -0.15) is 0 Å². The zero-order valence-corrected chi connectivity index (χ0v) is 13.2. The van der Waals surface area contributed by atoms with Crippen LogP contribution in [0.4, 0.5) is 0 Å². The molecule has 3 nitrogen and oxygen atoms in total. The summed E-state index contributed by atoms with van der Waals surface area (Å²) >= 11 is 0. The molecule has 0 unspecified atom stereocenters. The van der Waals surface area contributed by atoms with Crippen LogP contribution in [0.5, 0.6) is 0 Å². The molecule has 0 aromatic rings. The van der Waals surface area contributed by atoms with Gasteiger partial charge in [-0.3, -0.25) is 4.79 Å². The molecule has 0 aromatic heterocycles. The molecule has 4 aliphatic rings. The Bertz CT molecular complexity index is 371. The monoisotopic (exact) mass is 290 g/mol. The molecule has 0 aromatic carbocycles. The summed E-state index contributed by atoms with van der Waals surface area (Å²) in [5, 5.41) is 3.93. The molecule has 4 fully saturated rings. The van der Waals surface area contributed by atoms with Crippen LogP contribution in [0.1, 0.15) is 64.2 Å². The van der Waals surface area contributed by atoms with Gasteiger partial charge in [-0.05, 0) is 56.8 Å². The van der Waals surface area contributed by atoms with E-state index in [9.17, 15) is 4.79 Å². The van der Waals surface area contributed by atoms with Crippen molar-refractivity contribution in [2.24, 2.45) is 17.8 Å². The number of amides is 1. The first-order chi connectivity index (χ1) is 10.3. The fraction of sp³-hybridized carbons (Fsp3) is 0.944. The van der Waals surface area contributed by atoms with Crippen LogP contribution >= 0.6 is 0 Å². The van der Waals surface area contributed by atoms with Crippen molar-refractivity contribution >= 4 is 5.91 Å². The molecule has 118 valence electrons. The molecule has 0 bridgehead atoms. The zero-order valence-electron chi connectivity index (χ0n) is 13.2. The van der Waals surface area contributed by atoms with Gasteiger partial charge >= 0.3 is 0 Å². The predicted molar refractivity (Wildman–Crippen MR) is 83.9 cm³/mol. The van der Waals surface area contributed by atoms with E-state index in [0.717, 1.165) is 43.8 Å². The van der Waals surface area contributed by atoms with E-state index in [-0.39, 0.29) is 0 Å². The van der Waals surface area contributed by atoms with E-state index in [1.165, 1.54) is 51.4 Å². The number of carbonyl (C=O) groups is 1. The molecular formula is C18H30N2O. The molecule has 4 rings (SSSR count). The number of carbonyl (C=O) groups excluding carboxylic acids is 1. The molecule has 3 aliphatic carbocycles. The summed E-state index contributed by atoms with van der Waals surface area (Å²) in [5.74, 6) is 2.73. The van der Waals surface area contributed by atoms with Gasteiger partial charge in [0.25, 0.3) is 0 Å². The maximum atomic E-state index is 12.6. The van der Waals surface area contributed by atoms with Crippen molar-refractivity contribution in [2.75, 3.05) is 13.1 Å². The van der Waals surface area contributed by atoms with Crippen molar-refractivity contribution < 1.29 is 4.79 Å². The third-order valence-corrected chi connectivity index (χ3v) is 6.14.